The minimum absolute atomic E-state index is 0.0860. The molecule has 1 fully saturated rings. The number of ether oxygens (including phenoxy) is 1. The van der Waals surface area contributed by atoms with Crippen LogP contribution in [0.2, 0.25) is 0 Å². The number of Topliss-reactive ketones (excluding diaryl/α,β-unsaturated/α-hetero) is 1. The third kappa shape index (κ3) is 6.74. The third-order valence-corrected chi connectivity index (χ3v) is 4.68. The summed E-state index contributed by atoms with van der Waals surface area (Å²) in [5.41, 5.74) is -2.46. The number of halogens is 9. The summed E-state index contributed by atoms with van der Waals surface area (Å²) in [6, 6.07) is 2.24. The molecule has 0 spiro atoms. The van der Waals surface area contributed by atoms with Crippen molar-refractivity contribution in [2.45, 2.75) is 31.2 Å². The molecule has 0 bridgehead atoms. The number of nitrogens with zero attached hydrogens (tertiary/aromatic N) is 2. The minimum Gasteiger partial charge on any atom is -0.475 e. The van der Waals surface area contributed by atoms with Gasteiger partial charge in [-0.3, -0.25) is 9.69 Å². The summed E-state index contributed by atoms with van der Waals surface area (Å²) in [6.07, 6.45) is -22.9. The van der Waals surface area contributed by atoms with Gasteiger partial charge >= 0.3 is 30.6 Å². The van der Waals surface area contributed by atoms with Gasteiger partial charge in [-0.05, 0) is 17.7 Å². The Balaban J connectivity index is 2.06. The number of aliphatic carboxylic acids is 1. The molecule has 1 N–H and O–H groups in total. The Kier molecular flexibility index (Phi) is 7.74. The smallest absolute Gasteiger partial charge is 0.434 e. The predicted octanol–water partition coefficient (Wildman–Crippen LogP) is 3.72. The first-order valence-corrected chi connectivity index (χ1v) is 9.20. The molecule has 34 heavy (non-hydrogen) atoms. The van der Waals surface area contributed by atoms with Crippen molar-refractivity contribution in [2.24, 2.45) is 0 Å². The van der Waals surface area contributed by atoms with E-state index in [0.29, 0.717) is 11.0 Å². The van der Waals surface area contributed by atoms with Gasteiger partial charge in [-0.25, -0.2) is 9.59 Å². The molecule has 0 aliphatic carbocycles. The fourth-order valence-corrected chi connectivity index (χ4v) is 3.08. The summed E-state index contributed by atoms with van der Waals surface area (Å²) in [5.74, 6) is -3.89. The van der Waals surface area contributed by atoms with Crippen molar-refractivity contribution in [1.82, 2.24) is 9.80 Å². The Bertz CT molecular complexity index is 921. The van der Waals surface area contributed by atoms with Gasteiger partial charge in [-0.15, -0.1) is 0 Å². The summed E-state index contributed by atoms with van der Waals surface area (Å²) in [7, 11) is 0. The zero-order chi connectivity index (χ0) is 26.1. The van der Waals surface area contributed by atoms with E-state index in [0.717, 1.165) is 12.1 Å². The SMILES string of the molecule is O=C(O)C(=O)c1cc(CN2CCN(C(=O)OC(C(F)(F)F)C(F)(F)F)CC2)ccc1C(F)(F)F. The molecular weight excluding hydrogens is 495 g/mol. The summed E-state index contributed by atoms with van der Waals surface area (Å²) in [6.45, 7) is -1.08. The molecular formula is C18H15F9N2O5. The van der Waals surface area contributed by atoms with E-state index in [1.165, 1.54) is 4.90 Å². The average Bonchev–Trinajstić information content (AvgIpc) is 2.69. The number of carboxylic acids is 1. The molecule has 1 aromatic carbocycles. The normalized spacial score (nSPS) is 16.0. The van der Waals surface area contributed by atoms with Crippen LogP contribution in [0.4, 0.5) is 44.3 Å². The van der Waals surface area contributed by atoms with Crippen LogP contribution in [0.1, 0.15) is 21.5 Å². The standard InChI is InChI=1S/C18H15F9N2O5/c19-16(20,21)11-2-1-9(7-10(11)12(30)13(31)32)8-28-3-5-29(6-4-28)15(33)34-14(17(22,23)24)18(25,26)27/h1-2,7,14H,3-6,8H2,(H,31,32). The van der Waals surface area contributed by atoms with Gasteiger partial charge in [0.1, 0.15) is 0 Å². The number of carboxylic acid groups (broad SMARTS) is 1. The lowest BCUT2D eigenvalue weighted by molar-refractivity contribution is -0.308. The Hall–Kier alpha value is -3.04. The van der Waals surface area contributed by atoms with Crippen molar-refractivity contribution < 1.29 is 63.7 Å². The van der Waals surface area contributed by atoms with Crippen LogP contribution in [0, 0.1) is 0 Å². The lowest BCUT2D eigenvalue weighted by Crippen LogP contribution is -2.52. The number of piperazine rings is 1. The highest BCUT2D eigenvalue weighted by molar-refractivity contribution is 6.40. The van der Waals surface area contributed by atoms with E-state index in [2.05, 4.69) is 4.74 Å². The number of carbonyl (C=O) groups excluding carboxylic acids is 2. The number of alkyl halides is 9. The highest BCUT2D eigenvalue weighted by atomic mass is 19.4. The lowest BCUT2D eigenvalue weighted by atomic mass is 9.99. The Morgan fingerprint density at radius 3 is 1.88 bits per heavy atom. The van der Waals surface area contributed by atoms with Crippen LogP contribution >= 0.6 is 0 Å². The molecule has 7 nitrogen and oxygen atoms in total. The molecule has 1 aromatic rings. The highest BCUT2D eigenvalue weighted by Crippen LogP contribution is 2.36. The van der Waals surface area contributed by atoms with Crippen LogP contribution < -0.4 is 0 Å². The first kappa shape index (κ1) is 27.2. The quantitative estimate of drug-likeness (QED) is 0.369. The zero-order valence-corrected chi connectivity index (χ0v) is 16.7. The fraction of sp³-hybridized carbons (Fsp3) is 0.500. The van der Waals surface area contributed by atoms with Crippen LogP contribution in [0.25, 0.3) is 0 Å². The van der Waals surface area contributed by atoms with E-state index in [1.54, 1.807) is 0 Å². The van der Waals surface area contributed by atoms with Crippen LogP contribution in [0.3, 0.4) is 0 Å². The molecule has 1 aliphatic rings. The van der Waals surface area contributed by atoms with Gasteiger partial charge in [0.2, 0.25) is 0 Å². The molecule has 16 heteroatoms. The van der Waals surface area contributed by atoms with Crippen molar-refractivity contribution >= 4 is 17.8 Å². The van der Waals surface area contributed by atoms with Gasteiger partial charge in [0.25, 0.3) is 11.9 Å². The largest absolute Gasteiger partial charge is 0.475 e. The van der Waals surface area contributed by atoms with Crippen LogP contribution in [0.15, 0.2) is 18.2 Å². The van der Waals surface area contributed by atoms with E-state index < -0.39 is 53.6 Å². The Morgan fingerprint density at radius 2 is 1.44 bits per heavy atom. The lowest BCUT2D eigenvalue weighted by Gasteiger charge is -2.35. The van der Waals surface area contributed by atoms with Crippen molar-refractivity contribution in [1.29, 1.82) is 0 Å². The monoisotopic (exact) mass is 510 g/mol. The van der Waals surface area contributed by atoms with Crippen molar-refractivity contribution in [2.75, 3.05) is 26.2 Å². The number of ketones is 1. The summed E-state index contributed by atoms with van der Waals surface area (Å²) >= 11 is 0. The molecule has 2 rings (SSSR count). The summed E-state index contributed by atoms with van der Waals surface area (Å²) in [4.78, 5) is 36.4. The fourth-order valence-electron chi connectivity index (χ4n) is 3.08. The number of hydrogen-bond donors (Lipinski definition) is 1. The maximum atomic E-state index is 13.1. The van der Waals surface area contributed by atoms with E-state index in [4.69, 9.17) is 5.11 Å². The number of benzene rings is 1. The summed E-state index contributed by atoms with van der Waals surface area (Å²) < 4.78 is 118. The summed E-state index contributed by atoms with van der Waals surface area (Å²) in [5, 5.41) is 8.76. The molecule has 0 saturated carbocycles. The second kappa shape index (κ2) is 9.68. The van der Waals surface area contributed by atoms with Crippen molar-refractivity contribution in [3.63, 3.8) is 0 Å². The molecule has 0 aromatic heterocycles. The second-order valence-electron chi connectivity index (χ2n) is 7.12. The third-order valence-electron chi connectivity index (χ3n) is 4.68. The van der Waals surface area contributed by atoms with Gasteiger partial charge in [0.15, 0.2) is 0 Å². The van der Waals surface area contributed by atoms with Crippen molar-refractivity contribution in [3.05, 3.63) is 34.9 Å². The zero-order valence-electron chi connectivity index (χ0n) is 16.7. The van der Waals surface area contributed by atoms with Crippen LogP contribution in [-0.4, -0.2) is 77.4 Å². The van der Waals surface area contributed by atoms with E-state index in [-0.39, 0.29) is 38.3 Å². The van der Waals surface area contributed by atoms with Gasteiger partial charge in [-0.2, -0.15) is 39.5 Å². The molecule has 0 radical (unpaired) electrons. The average molecular weight is 510 g/mol. The Morgan fingerprint density at radius 1 is 0.912 bits per heavy atom. The maximum Gasteiger partial charge on any atom is 0.434 e. The number of amides is 1. The van der Waals surface area contributed by atoms with E-state index in [1.807, 2.05) is 0 Å². The molecule has 0 unspecified atom stereocenters. The second-order valence-corrected chi connectivity index (χ2v) is 7.12. The van der Waals surface area contributed by atoms with Gasteiger partial charge in [0.05, 0.1) is 5.56 Å². The predicted molar refractivity (Wildman–Crippen MR) is 92.6 cm³/mol. The first-order valence-electron chi connectivity index (χ1n) is 9.20. The highest BCUT2D eigenvalue weighted by Gasteiger charge is 2.60. The Labute approximate surface area is 184 Å². The van der Waals surface area contributed by atoms with Crippen LogP contribution in [0.5, 0.6) is 0 Å². The van der Waals surface area contributed by atoms with Gasteiger partial charge in [-0.1, -0.05) is 6.07 Å². The number of rotatable bonds is 5. The van der Waals surface area contributed by atoms with Crippen molar-refractivity contribution in [3.8, 4) is 0 Å². The van der Waals surface area contributed by atoms with E-state index in [9.17, 15) is 53.9 Å². The molecule has 1 saturated heterocycles. The molecule has 0 atom stereocenters. The van der Waals surface area contributed by atoms with E-state index >= 15 is 0 Å². The molecule has 1 amide bonds. The van der Waals surface area contributed by atoms with Gasteiger partial charge in [0, 0.05) is 38.3 Å². The van der Waals surface area contributed by atoms with Gasteiger partial charge < -0.3 is 14.7 Å². The topological polar surface area (TPSA) is 87.2 Å². The minimum atomic E-state index is -5.87. The molecule has 1 aliphatic heterocycles. The first-order chi connectivity index (χ1) is 15.4. The molecule has 190 valence electrons. The maximum absolute atomic E-state index is 13.1. The number of carbonyl (C=O) groups is 3. The van der Waals surface area contributed by atoms with Crippen LogP contribution in [-0.2, 0) is 22.3 Å². The molecule has 1 heterocycles. The number of hydrogen-bond acceptors (Lipinski definition) is 5.